The molecule has 1 saturated heterocycles. The fraction of sp³-hybridized carbons (Fsp3) is 0.300. The number of nitrogens with zero attached hydrogens (tertiary/aromatic N) is 5. The van der Waals surface area contributed by atoms with E-state index < -0.39 is 0 Å². The number of nitrogens with one attached hydrogen (secondary N) is 1. The van der Waals surface area contributed by atoms with Gasteiger partial charge in [0.15, 0.2) is 5.13 Å². The summed E-state index contributed by atoms with van der Waals surface area (Å²) in [7, 11) is 1.62. The standard InChI is InChI=1S/C20H20N6O2S2/c1-28-14-3-2-4-15-17(14)24-20(30-15)23-16(27)11-25-6-8-26(9-7-25)18-13-5-10-29-19(13)22-12-21-18/h2-5,10,12H,6-9,11H2,1H3,(H,23,24,27). The van der Waals surface area contributed by atoms with E-state index in [1.165, 1.54) is 11.3 Å². The molecule has 0 saturated carbocycles. The van der Waals surface area contributed by atoms with Crippen LogP contribution in [0.5, 0.6) is 5.75 Å². The van der Waals surface area contributed by atoms with E-state index in [4.69, 9.17) is 4.74 Å². The van der Waals surface area contributed by atoms with Gasteiger partial charge in [0.25, 0.3) is 0 Å². The first-order chi connectivity index (χ1) is 14.7. The van der Waals surface area contributed by atoms with Gasteiger partial charge in [-0.05, 0) is 23.6 Å². The maximum atomic E-state index is 12.6. The number of fused-ring (bicyclic) bond motifs is 2. The molecule has 0 spiro atoms. The second kappa shape index (κ2) is 8.13. The lowest BCUT2D eigenvalue weighted by Crippen LogP contribution is -2.49. The Kier molecular flexibility index (Phi) is 5.19. The van der Waals surface area contributed by atoms with Gasteiger partial charge in [-0.1, -0.05) is 17.4 Å². The lowest BCUT2D eigenvalue weighted by Gasteiger charge is -2.35. The van der Waals surface area contributed by atoms with Crippen LogP contribution in [0.2, 0.25) is 0 Å². The van der Waals surface area contributed by atoms with Crippen LogP contribution in [0.15, 0.2) is 36.0 Å². The predicted molar refractivity (Wildman–Crippen MR) is 121 cm³/mol. The van der Waals surface area contributed by atoms with Gasteiger partial charge < -0.3 is 15.0 Å². The quantitative estimate of drug-likeness (QED) is 0.511. The fourth-order valence-corrected chi connectivity index (χ4v) is 5.28. The molecule has 0 radical (unpaired) electrons. The Morgan fingerprint density at radius 2 is 2.07 bits per heavy atom. The van der Waals surface area contributed by atoms with Crippen LogP contribution in [-0.4, -0.2) is 65.6 Å². The van der Waals surface area contributed by atoms with Crippen LogP contribution < -0.4 is 15.0 Å². The van der Waals surface area contributed by atoms with Crippen LogP contribution in [0, 0.1) is 0 Å². The van der Waals surface area contributed by atoms with E-state index in [9.17, 15) is 4.79 Å². The van der Waals surface area contributed by atoms with Crippen molar-refractivity contribution in [2.45, 2.75) is 0 Å². The Morgan fingerprint density at radius 1 is 1.20 bits per heavy atom. The van der Waals surface area contributed by atoms with Crippen molar-refractivity contribution in [3.05, 3.63) is 36.0 Å². The summed E-state index contributed by atoms with van der Waals surface area (Å²) in [4.78, 5) is 31.3. The van der Waals surface area contributed by atoms with Gasteiger partial charge in [0.2, 0.25) is 5.91 Å². The largest absolute Gasteiger partial charge is 0.494 e. The molecule has 1 amide bonds. The second-order valence-corrected chi connectivity index (χ2v) is 8.90. The van der Waals surface area contributed by atoms with E-state index in [1.807, 2.05) is 23.6 Å². The number of methoxy groups -OCH3 is 1. The molecule has 1 aliphatic heterocycles. The van der Waals surface area contributed by atoms with Crippen LogP contribution in [0.1, 0.15) is 0 Å². The number of hydrogen-bond acceptors (Lipinski definition) is 9. The van der Waals surface area contributed by atoms with Crippen molar-refractivity contribution in [3.8, 4) is 5.75 Å². The molecule has 0 unspecified atom stereocenters. The molecule has 0 bridgehead atoms. The molecule has 0 atom stereocenters. The molecule has 1 aliphatic rings. The number of anilines is 2. The Bertz CT molecular complexity index is 1200. The molecule has 1 fully saturated rings. The molecule has 5 rings (SSSR count). The summed E-state index contributed by atoms with van der Waals surface area (Å²) in [6.07, 6.45) is 1.63. The summed E-state index contributed by atoms with van der Waals surface area (Å²) in [6.45, 7) is 3.60. The summed E-state index contributed by atoms with van der Waals surface area (Å²) in [5.41, 5.74) is 0.776. The monoisotopic (exact) mass is 440 g/mol. The number of amides is 1. The first-order valence-electron chi connectivity index (χ1n) is 9.60. The minimum Gasteiger partial charge on any atom is -0.494 e. The Hall–Kier alpha value is -2.82. The highest BCUT2D eigenvalue weighted by molar-refractivity contribution is 7.22. The van der Waals surface area contributed by atoms with Crippen molar-refractivity contribution in [1.29, 1.82) is 0 Å². The summed E-state index contributed by atoms with van der Waals surface area (Å²) in [6, 6.07) is 7.84. The number of carbonyl (C=O) groups is 1. The highest BCUT2D eigenvalue weighted by atomic mass is 32.1. The third-order valence-corrected chi connectivity index (χ3v) is 6.88. The predicted octanol–water partition coefficient (Wildman–Crippen LogP) is 3.07. The second-order valence-electron chi connectivity index (χ2n) is 6.97. The topological polar surface area (TPSA) is 83.5 Å². The maximum absolute atomic E-state index is 12.6. The molecule has 10 heteroatoms. The molecule has 0 aliphatic carbocycles. The lowest BCUT2D eigenvalue weighted by molar-refractivity contribution is -0.117. The first kappa shape index (κ1) is 19.2. The molecule has 4 aromatic rings. The highest BCUT2D eigenvalue weighted by Gasteiger charge is 2.22. The fourth-order valence-electron chi connectivity index (χ4n) is 3.65. The van der Waals surface area contributed by atoms with Gasteiger partial charge in [0, 0.05) is 26.2 Å². The lowest BCUT2D eigenvalue weighted by atomic mass is 10.2. The number of para-hydroxylation sites is 1. The van der Waals surface area contributed by atoms with Gasteiger partial charge in [0.05, 0.1) is 23.7 Å². The Labute approximate surface area is 181 Å². The summed E-state index contributed by atoms with van der Waals surface area (Å²) in [5, 5.41) is 6.67. The van der Waals surface area contributed by atoms with E-state index in [-0.39, 0.29) is 5.91 Å². The Balaban J connectivity index is 1.19. The molecule has 4 heterocycles. The molecule has 154 valence electrons. The van der Waals surface area contributed by atoms with Crippen molar-refractivity contribution < 1.29 is 9.53 Å². The molecule has 1 N–H and O–H groups in total. The molecule has 3 aromatic heterocycles. The molecular formula is C20H20N6O2S2. The molecule has 30 heavy (non-hydrogen) atoms. The smallest absolute Gasteiger partial charge is 0.240 e. The van der Waals surface area contributed by atoms with Crippen molar-refractivity contribution in [1.82, 2.24) is 19.9 Å². The van der Waals surface area contributed by atoms with Gasteiger partial charge in [-0.3, -0.25) is 9.69 Å². The highest BCUT2D eigenvalue weighted by Crippen LogP contribution is 2.32. The number of piperazine rings is 1. The number of aromatic nitrogens is 3. The zero-order valence-corrected chi connectivity index (χ0v) is 18.0. The Morgan fingerprint density at radius 3 is 2.90 bits per heavy atom. The zero-order chi connectivity index (χ0) is 20.5. The van der Waals surface area contributed by atoms with Crippen molar-refractivity contribution in [2.24, 2.45) is 0 Å². The van der Waals surface area contributed by atoms with E-state index in [0.717, 1.165) is 52.4 Å². The van der Waals surface area contributed by atoms with Crippen LogP contribution in [0.25, 0.3) is 20.4 Å². The molecular weight excluding hydrogens is 420 g/mol. The summed E-state index contributed by atoms with van der Waals surface area (Å²) < 4.78 is 6.33. The third kappa shape index (κ3) is 3.69. The van der Waals surface area contributed by atoms with Crippen LogP contribution in [0.4, 0.5) is 10.9 Å². The molecule has 1 aromatic carbocycles. The van der Waals surface area contributed by atoms with Gasteiger partial charge >= 0.3 is 0 Å². The number of thiophene rings is 1. The number of hydrogen-bond donors (Lipinski definition) is 1. The average molecular weight is 441 g/mol. The van der Waals surface area contributed by atoms with Gasteiger partial charge in [-0.2, -0.15) is 0 Å². The van der Waals surface area contributed by atoms with Crippen molar-refractivity contribution in [2.75, 3.05) is 50.1 Å². The van der Waals surface area contributed by atoms with Crippen LogP contribution >= 0.6 is 22.7 Å². The van der Waals surface area contributed by atoms with E-state index in [1.54, 1.807) is 24.8 Å². The maximum Gasteiger partial charge on any atom is 0.240 e. The third-order valence-electron chi connectivity index (χ3n) is 5.13. The van der Waals surface area contributed by atoms with E-state index in [0.29, 0.717) is 17.4 Å². The average Bonchev–Trinajstić information content (AvgIpc) is 3.40. The summed E-state index contributed by atoms with van der Waals surface area (Å²) in [5.74, 6) is 1.64. The number of rotatable bonds is 5. The minimum atomic E-state index is -0.0521. The van der Waals surface area contributed by atoms with Crippen LogP contribution in [0.3, 0.4) is 0 Å². The van der Waals surface area contributed by atoms with E-state index in [2.05, 4.69) is 36.1 Å². The molecule has 8 nitrogen and oxygen atoms in total. The number of ether oxygens (including phenoxy) is 1. The minimum absolute atomic E-state index is 0.0521. The van der Waals surface area contributed by atoms with E-state index >= 15 is 0 Å². The zero-order valence-electron chi connectivity index (χ0n) is 16.4. The van der Waals surface area contributed by atoms with Gasteiger partial charge in [-0.15, -0.1) is 11.3 Å². The number of thiazole rings is 1. The van der Waals surface area contributed by atoms with Crippen molar-refractivity contribution in [3.63, 3.8) is 0 Å². The normalized spacial score (nSPS) is 15.0. The SMILES string of the molecule is COc1cccc2sc(NC(=O)CN3CCN(c4ncnc5sccc45)CC3)nc12. The van der Waals surface area contributed by atoms with Crippen LogP contribution in [-0.2, 0) is 4.79 Å². The summed E-state index contributed by atoms with van der Waals surface area (Å²) >= 11 is 3.08. The van der Waals surface area contributed by atoms with Crippen molar-refractivity contribution >= 4 is 60.0 Å². The number of benzene rings is 1. The van der Waals surface area contributed by atoms with Gasteiger partial charge in [-0.25, -0.2) is 15.0 Å². The first-order valence-corrected chi connectivity index (χ1v) is 11.3. The number of carbonyl (C=O) groups excluding carboxylic acids is 1. The van der Waals surface area contributed by atoms with Gasteiger partial charge in [0.1, 0.15) is 28.2 Å².